The van der Waals surface area contributed by atoms with Gasteiger partial charge >= 0.3 is 0 Å². The smallest absolute Gasteiger partial charge is 0.246 e. The molecule has 90 valence electrons. The second-order valence-electron chi connectivity index (χ2n) is 3.91. The summed E-state index contributed by atoms with van der Waals surface area (Å²) in [6.45, 7) is 7.54. The van der Waals surface area contributed by atoms with Gasteiger partial charge in [0, 0.05) is 19.3 Å². The molecule has 1 aromatic rings. The van der Waals surface area contributed by atoms with E-state index in [1.807, 2.05) is 13.1 Å². The molecule has 1 N–H and O–H groups in total. The van der Waals surface area contributed by atoms with E-state index in [9.17, 15) is 4.79 Å². The summed E-state index contributed by atoms with van der Waals surface area (Å²) in [5.41, 5.74) is 2.05. The second-order valence-corrected chi connectivity index (χ2v) is 3.91. The molecule has 5 nitrogen and oxygen atoms in total. The lowest BCUT2D eigenvalue weighted by Crippen LogP contribution is -2.35. The number of amides is 1. The Labute approximate surface area is 101 Å². The second kappa shape index (κ2) is 4.95. The predicted molar refractivity (Wildman–Crippen MR) is 65.5 cm³/mol. The number of nitrogens with one attached hydrogen (secondary N) is 1. The summed E-state index contributed by atoms with van der Waals surface area (Å²) in [4.78, 5) is 21.9. The first-order valence-electron chi connectivity index (χ1n) is 5.74. The SMILES string of the molecule is C=CC(=O)N1CCc2cnc(NCC)nc2C1. The molecule has 1 aliphatic heterocycles. The molecule has 0 aliphatic carbocycles. The van der Waals surface area contributed by atoms with Crippen LogP contribution in [-0.2, 0) is 17.8 Å². The first-order valence-corrected chi connectivity index (χ1v) is 5.74. The zero-order valence-corrected chi connectivity index (χ0v) is 9.94. The molecule has 1 aromatic heterocycles. The van der Waals surface area contributed by atoms with E-state index in [1.54, 1.807) is 4.90 Å². The molecule has 2 heterocycles. The molecule has 0 spiro atoms. The van der Waals surface area contributed by atoms with E-state index in [-0.39, 0.29) is 5.91 Å². The standard InChI is InChI=1S/C12H16N4O/c1-3-11(17)16-6-5-9-7-14-12(13-4-2)15-10(9)8-16/h3,7H,1,4-6,8H2,2H3,(H,13,14,15). The minimum absolute atomic E-state index is 0.0423. The molecular weight excluding hydrogens is 216 g/mol. The molecule has 0 saturated heterocycles. The minimum Gasteiger partial charge on any atom is -0.354 e. The summed E-state index contributed by atoms with van der Waals surface area (Å²) in [7, 11) is 0. The molecule has 0 unspecified atom stereocenters. The Bertz CT molecular complexity index is 444. The Morgan fingerprint density at radius 2 is 2.53 bits per heavy atom. The normalized spacial score (nSPS) is 14.1. The fourth-order valence-electron chi connectivity index (χ4n) is 1.86. The summed E-state index contributed by atoms with van der Waals surface area (Å²) in [6, 6.07) is 0. The molecular formula is C12H16N4O. The molecule has 17 heavy (non-hydrogen) atoms. The van der Waals surface area contributed by atoms with Crippen molar-refractivity contribution in [3.8, 4) is 0 Å². The molecule has 0 radical (unpaired) electrons. The lowest BCUT2D eigenvalue weighted by Gasteiger charge is -2.27. The predicted octanol–water partition coefficient (Wildman–Crippen LogP) is 0.979. The van der Waals surface area contributed by atoms with Crippen LogP contribution < -0.4 is 5.32 Å². The number of fused-ring (bicyclic) bond motifs is 1. The maximum absolute atomic E-state index is 11.5. The largest absolute Gasteiger partial charge is 0.354 e. The number of hydrogen-bond acceptors (Lipinski definition) is 4. The van der Waals surface area contributed by atoms with Crippen LogP contribution in [0, 0.1) is 0 Å². The molecule has 5 heteroatoms. The highest BCUT2D eigenvalue weighted by atomic mass is 16.2. The van der Waals surface area contributed by atoms with E-state index in [2.05, 4.69) is 21.9 Å². The van der Waals surface area contributed by atoms with Gasteiger partial charge in [0.15, 0.2) is 0 Å². The average Bonchev–Trinajstić information content (AvgIpc) is 2.37. The van der Waals surface area contributed by atoms with E-state index >= 15 is 0 Å². The van der Waals surface area contributed by atoms with Gasteiger partial charge in [-0.25, -0.2) is 9.97 Å². The lowest BCUT2D eigenvalue weighted by molar-refractivity contribution is -0.126. The van der Waals surface area contributed by atoms with Crippen molar-refractivity contribution < 1.29 is 4.79 Å². The van der Waals surface area contributed by atoms with Crippen LogP contribution in [0.4, 0.5) is 5.95 Å². The van der Waals surface area contributed by atoms with Crippen molar-refractivity contribution >= 4 is 11.9 Å². The van der Waals surface area contributed by atoms with Crippen molar-refractivity contribution in [3.05, 3.63) is 30.1 Å². The van der Waals surface area contributed by atoms with E-state index in [0.29, 0.717) is 19.0 Å². The van der Waals surface area contributed by atoms with Gasteiger partial charge in [0.05, 0.1) is 12.2 Å². The number of aromatic nitrogens is 2. The van der Waals surface area contributed by atoms with Crippen LogP contribution in [0.15, 0.2) is 18.9 Å². The van der Waals surface area contributed by atoms with Crippen molar-refractivity contribution in [2.45, 2.75) is 19.9 Å². The Balaban J connectivity index is 2.20. The third kappa shape index (κ3) is 2.43. The van der Waals surface area contributed by atoms with Gasteiger partial charge in [-0.2, -0.15) is 0 Å². The summed E-state index contributed by atoms with van der Waals surface area (Å²) < 4.78 is 0. The van der Waals surface area contributed by atoms with Gasteiger partial charge in [0.25, 0.3) is 0 Å². The van der Waals surface area contributed by atoms with Gasteiger partial charge in [-0.15, -0.1) is 0 Å². The maximum atomic E-state index is 11.5. The fraction of sp³-hybridized carbons (Fsp3) is 0.417. The summed E-state index contributed by atoms with van der Waals surface area (Å²) in [6.07, 6.45) is 3.99. The van der Waals surface area contributed by atoms with Crippen LogP contribution in [-0.4, -0.2) is 33.9 Å². The number of carbonyl (C=O) groups excluding carboxylic acids is 1. The fourth-order valence-corrected chi connectivity index (χ4v) is 1.86. The Hall–Kier alpha value is -1.91. The Morgan fingerprint density at radius 1 is 1.71 bits per heavy atom. The molecule has 2 rings (SSSR count). The third-order valence-corrected chi connectivity index (χ3v) is 2.77. The highest BCUT2D eigenvalue weighted by Gasteiger charge is 2.20. The van der Waals surface area contributed by atoms with E-state index in [4.69, 9.17) is 0 Å². The van der Waals surface area contributed by atoms with Crippen molar-refractivity contribution in [2.75, 3.05) is 18.4 Å². The average molecular weight is 232 g/mol. The highest BCUT2D eigenvalue weighted by Crippen LogP contribution is 2.17. The number of rotatable bonds is 3. The van der Waals surface area contributed by atoms with Crippen LogP contribution in [0.5, 0.6) is 0 Å². The Kier molecular flexibility index (Phi) is 3.37. The minimum atomic E-state index is -0.0423. The first-order chi connectivity index (χ1) is 8.24. The molecule has 1 amide bonds. The highest BCUT2D eigenvalue weighted by molar-refractivity contribution is 5.87. The van der Waals surface area contributed by atoms with Gasteiger partial charge < -0.3 is 10.2 Å². The summed E-state index contributed by atoms with van der Waals surface area (Å²) >= 11 is 0. The topological polar surface area (TPSA) is 58.1 Å². The maximum Gasteiger partial charge on any atom is 0.246 e. The molecule has 0 fully saturated rings. The van der Waals surface area contributed by atoms with E-state index in [0.717, 1.165) is 24.2 Å². The number of anilines is 1. The summed E-state index contributed by atoms with van der Waals surface area (Å²) in [5, 5.41) is 3.07. The lowest BCUT2D eigenvalue weighted by atomic mass is 10.1. The van der Waals surface area contributed by atoms with E-state index < -0.39 is 0 Å². The van der Waals surface area contributed by atoms with Gasteiger partial charge in [-0.1, -0.05) is 6.58 Å². The zero-order chi connectivity index (χ0) is 12.3. The molecule has 0 bridgehead atoms. The molecule has 0 saturated carbocycles. The van der Waals surface area contributed by atoms with Crippen LogP contribution in [0.2, 0.25) is 0 Å². The molecule has 0 aromatic carbocycles. The van der Waals surface area contributed by atoms with E-state index in [1.165, 1.54) is 6.08 Å². The zero-order valence-electron chi connectivity index (χ0n) is 9.94. The molecule has 0 atom stereocenters. The number of carbonyl (C=O) groups is 1. The van der Waals surface area contributed by atoms with Gasteiger partial charge in [0.2, 0.25) is 11.9 Å². The quantitative estimate of drug-likeness (QED) is 0.789. The van der Waals surface area contributed by atoms with Crippen LogP contribution in [0.25, 0.3) is 0 Å². The van der Waals surface area contributed by atoms with Crippen LogP contribution in [0.1, 0.15) is 18.2 Å². The van der Waals surface area contributed by atoms with Gasteiger partial charge in [-0.3, -0.25) is 4.79 Å². The third-order valence-electron chi connectivity index (χ3n) is 2.77. The first kappa shape index (κ1) is 11.6. The van der Waals surface area contributed by atoms with Crippen molar-refractivity contribution in [1.82, 2.24) is 14.9 Å². The number of hydrogen-bond donors (Lipinski definition) is 1. The van der Waals surface area contributed by atoms with Crippen molar-refractivity contribution in [1.29, 1.82) is 0 Å². The van der Waals surface area contributed by atoms with Crippen molar-refractivity contribution in [2.24, 2.45) is 0 Å². The summed E-state index contributed by atoms with van der Waals surface area (Å²) in [5.74, 6) is 0.582. The van der Waals surface area contributed by atoms with Crippen molar-refractivity contribution in [3.63, 3.8) is 0 Å². The van der Waals surface area contributed by atoms with Gasteiger partial charge in [-0.05, 0) is 25.0 Å². The van der Waals surface area contributed by atoms with Gasteiger partial charge in [0.1, 0.15) is 0 Å². The Morgan fingerprint density at radius 3 is 3.24 bits per heavy atom. The molecule has 1 aliphatic rings. The monoisotopic (exact) mass is 232 g/mol. The number of nitrogens with zero attached hydrogens (tertiary/aromatic N) is 3. The van der Waals surface area contributed by atoms with Crippen LogP contribution in [0.3, 0.4) is 0 Å². The van der Waals surface area contributed by atoms with Crippen LogP contribution >= 0.6 is 0 Å².